The van der Waals surface area contributed by atoms with Gasteiger partial charge in [0.25, 0.3) is 0 Å². The number of nitrogens with zero attached hydrogens (tertiary/aromatic N) is 3. The zero-order valence-electron chi connectivity index (χ0n) is 11.0. The summed E-state index contributed by atoms with van der Waals surface area (Å²) in [6.45, 7) is 6.03. The lowest BCUT2D eigenvalue weighted by molar-refractivity contribution is 0.367. The van der Waals surface area contributed by atoms with Crippen LogP contribution in [-0.2, 0) is 6.42 Å². The van der Waals surface area contributed by atoms with Crippen molar-refractivity contribution in [1.29, 1.82) is 0 Å². The molecule has 96 valence electrons. The summed E-state index contributed by atoms with van der Waals surface area (Å²) < 4.78 is 5.20. The maximum Gasteiger partial charge on any atom is 0.228 e. The van der Waals surface area contributed by atoms with Crippen molar-refractivity contribution in [2.24, 2.45) is 5.73 Å². The minimum atomic E-state index is 0.0605. The Morgan fingerprint density at radius 2 is 2.17 bits per heavy atom. The van der Waals surface area contributed by atoms with Gasteiger partial charge in [0.2, 0.25) is 11.7 Å². The summed E-state index contributed by atoms with van der Waals surface area (Å²) in [6, 6.07) is 2.11. The second-order valence-corrected chi connectivity index (χ2v) is 4.56. The molecule has 5 nitrogen and oxygen atoms in total. The van der Waals surface area contributed by atoms with Gasteiger partial charge in [0.15, 0.2) is 0 Å². The predicted octanol–water partition coefficient (Wildman–Crippen LogP) is 2.03. The third kappa shape index (κ3) is 2.73. The number of aryl methyl sites for hydroxylation is 2. The van der Waals surface area contributed by atoms with Crippen LogP contribution in [0.15, 0.2) is 16.8 Å². The lowest BCUT2D eigenvalue weighted by atomic mass is 10.1. The standard InChI is InChI=1S/C13H18N4O/c1-4-10(14)6-11-16-13(17-18-11)12-9(3)5-8(2)7-15-12/h5,7,10H,4,6,14H2,1-3H3. The van der Waals surface area contributed by atoms with Crippen molar-refractivity contribution in [3.63, 3.8) is 0 Å². The van der Waals surface area contributed by atoms with E-state index in [1.807, 2.05) is 20.8 Å². The van der Waals surface area contributed by atoms with Gasteiger partial charge in [0.05, 0.1) is 0 Å². The molecule has 0 spiro atoms. The second kappa shape index (κ2) is 5.27. The Morgan fingerprint density at radius 3 is 2.83 bits per heavy atom. The normalized spacial score (nSPS) is 12.7. The van der Waals surface area contributed by atoms with Gasteiger partial charge in [0.1, 0.15) is 5.69 Å². The molecule has 0 fully saturated rings. The minimum absolute atomic E-state index is 0.0605. The van der Waals surface area contributed by atoms with E-state index in [0.29, 0.717) is 18.1 Å². The van der Waals surface area contributed by atoms with Crippen molar-refractivity contribution < 1.29 is 4.52 Å². The Morgan fingerprint density at radius 1 is 1.39 bits per heavy atom. The highest BCUT2D eigenvalue weighted by Gasteiger charge is 2.13. The Hall–Kier alpha value is -1.75. The molecule has 2 N–H and O–H groups in total. The topological polar surface area (TPSA) is 77.8 Å². The van der Waals surface area contributed by atoms with Crippen molar-refractivity contribution in [2.45, 2.75) is 39.7 Å². The predicted molar refractivity (Wildman–Crippen MR) is 69.0 cm³/mol. The van der Waals surface area contributed by atoms with Gasteiger partial charge in [-0.25, -0.2) is 0 Å². The van der Waals surface area contributed by atoms with E-state index >= 15 is 0 Å². The number of hydrogen-bond acceptors (Lipinski definition) is 5. The lowest BCUT2D eigenvalue weighted by Gasteiger charge is -2.02. The van der Waals surface area contributed by atoms with Crippen molar-refractivity contribution in [3.05, 3.63) is 29.3 Å². The largest absolute Gasteiger partial charge is 0.339 e. The van der Waals surface area contributed by atoms with Crippen LogP contribution in [0.5, 0.6) is 0 Å². The quantitative estimate of drug-likeness (QED) is 0.893. The molecule has 0 aliphatic rings. The van der Waals surface area contributed by atoms with Crippen molar-refractivity contribution >= 4 is 0 Å². The van der Waals surface area contributed by atoms with Crippen molar-refractivity contribution in [1.82, 2.24) is 15.1 Å². The van der Waals surface area contributed by atoms with Gasteiger partial charge < -0.3 is 10.3 Å². The highest BCUT2D eigenvalue weighted by atomic mass is 16.5. The van der Waals surface area contributed by atoms with Crippen LogP contribution in [-0.4, -0.2) is 21.2 Å². The first-order valence-electron chi connectivity index (χ1n) is 6.12. The molecule has 2 heterocycles. The number of nitrogens with two attached hydrogens (primary N) is 1. The summed E-state index contributed by atoms with van der Waals surface area (Å²) >= 11 is 0. The Labute approximate surface area is 106 Å². The first-order valence-corrected chi connectivity index (χ1v) is 6.12. The fourth-order valence-electron chi connectivity index (χ4n) is 1.75. The van der Waals surface area contributed by atoms with Crippen molar-refractivity contribution in [3.8, 4) is 11.5 Å². The smallest absolute Gasteiger partial charge is 0.228 e. The van der Waals surface area contributed by atoms with E-state index in [9.17, 15) is 0 Å². The average Bonchev–Trinajstić information content (AvgIpc) is 2.77. The van der Waals surface area contributed by atoms with Gasteiger partial charge in [-0.1, -0.05) is 18.1 Å². The number of pyridine rings is 1. The number of rotatable bonds is 4. The molecule has 18 heavy (non-hydrogen) atoms. The molecule has 0 amide bonds. The van der Waals surface area contributed by atoms with Gasteiger partial charge in [-0.2, -0.15) is 4.98 Å². The summed E-state index contributed by atoms with van der Waals surface area (Å²) in [4.78, 5) is 8.68. The monoisotopic (exact) mass is 246 g/mol. The zero-order valence-corrected chi connectivity index (χ0v) is 11.0. The molecular weight excluding hydrogens is 228 g/mol. The molecule has 0 saturated carbocycles. The molecule has 0 radical (unpaired) electrons. The Bertz CT molecular complexity index is 536. The lowest BCUT2D eigenvalue weighted by Crippen LogP contribution is -2.21. The van der Waals surface area contributed by atoms with Gasteiger partial charge >= 0.3 is 0 Å². The summed E-state index contributed by atoms with van der Waals surface area (Å²) in [5.74, 6) is 1.10. The van der Waals surface area contributed by atoms with Crippen molar-refractivity contribution in [2.75, 3.05) is 0 Å². The van der Waals surface area contributed by atoms with E-state index in [0.717, 1.165) is 23.2 Å². The maximum absolute atomic E-state index is 5.86. The SMILES string of the molecule is CCC(N)Cc1nc(-c2ncc(C)cc2C)no1. The van der Waals surface area contributed by atoms with Gasteiger partial charge in [-0.05, 0) is 31.4 Å². The van der Waals surface area contributed by atoms with Crippen LogP contribution in [0.1, 0.15) is 30.4 Å². The van der Waals surface area contributed by atoms with E-state index in [-0.39, 0.29) is 6.04 Å². The summed E-state index contributed by atoms with van der Waals surface area (Å²) in [5, 5.41) is 3.96. The Balaban J connectivity index is 2.24. The van der Waals surface area contributed by atoms with Crippen LogP contribution in [0.25, 0.3) is 11.5 Å². The molecule has 0 bridgehead atoms. The van der Waals surface area contributed by atoms with E-state index < -0.39 is 0 Å². The van der Waals surface area contributed by atoms with Gasteiger partial charge in [-0.15, -0.1) is 0 Å². The molecule has 0 saturated heterocycles. The highest BCUT2D eigenvalue weighted by molar-refractivity contribution is 5.53. The van der Waals surface area contributed by atoms with Crippen LogP contribution >= 0.6 is 0 Å². The van der Waals surface area contributed by atoms with E-state index in [2.05, 4.69) is 21.2 Å². The molecule has 0 aromatic carbocycles. The number of hydrogen-bond donors (Lipinski definition) is 1. The fourth-order valence-corrected chi connectivity index (χ4v) is 1.75. The fraction of sp³-hybridized carbons (Fsp3) is 0.462. The van der Waals surface area contributed by atoms with Crippen LogP contribution in [0.2, 0.25) is 0 Å². The minimum Gasteiger partial charge on any atom is -0.339 e. The van der Waals surface area contributed by atoms with Crippen LogP contribution < -0.4 is 5.73 Å². The molecule has 1 unspecified atom stereocenters. The van der Waals surface area contributed by atoms with E-state index in [1.54, 1.807) is 6.20 Å². The van der Waals surface area contributed by atoms with Crippen LogP contribution in [0, 0.1) is 13.8 Å². The van der Waals surface area contributed by atoms with Crippen LogP contribution in [0.3, 0.4) is 0 Å². The second-order valence-electron chi connectivity index (χ2n) is 4.56. The molecular formula is C13H18N4O. The third-order valence-electron chi connectivity index (χ3n) is 2.86. The number of aromatic nitrogens is 3. The van der Waals surface area contributed by atoms with Gasteiger partial charge in [0, 0.05) is 18.7 Å². The molecule has 0 aliphatic carbocycles. The zero-order chi connectivity index (χ0) is 13.1. The summed E-state index contributed by atoms with van der Waals surface area (Å²) in [6.07, 6.45) is 3.30. The first-order chi connectivity index (χ1) is 8.60. The molecule has 2 rings (SSSR count). The third-order valence-corrected chi connectivity index (χ3v) is 2.86. The molecule has 0 aliphatic heterocycles. The average molecular weight is 246 g/mol. The maximum atomic E-state index is 5.86. The molecule has 1 atom stereocenters. The Kier molecular flexibility index (Phi) is 3.72. The van der Waals surface area contributed by atoms with E-state index in [1.165, 1.54) is 0 Å². The summed E-state index contributed by atoms with van der Waals surface area (Å²) in [7, 11) is 0. The highest BCUT2D eigenvalue weighted by Crippen LogP contribution is 2.18. The molecule has 2 aromatic rings. The first kappa shape index (κ1) is 12.7. The van der Waals surface area contributed by atoms with Gasteiger partial charge in [-0.3, -0.25) is 4.98 Å². The molecule has 2 aromatic heterocycles. The van der Waals surface area contributed by atoms with Crippen LogP contribution in [0.4, 0.5) is 0 Å². The van der Waals surface area contributed by atoms with E-state index in [4.69, 9.17) is 10.3 Å². The summed E-state index contributed by atoms with van der Waals surface area (Å²) in [5.41, 5.74) is 8.79. The molecule has 5 heteroatoms.